The summed E-state index contributed by atoms with van der Waals surface area (Å²) in [5.41, 5.74) is 0.909. The zero-order valence-electron chi connectivity index (χ0n) is 10.0. The van der Waals surface area contributed by atoms with Gasteiger partial charge in [-0.1, -0.05) is 15.9 Å². The summed E-state index contributed by atoms with van der Waals surface area (Å²) in [5.74, 6) is -0.665. The molecule has 2 N–H and O–H groups in total. The molecule has 0 saturated heterocycles. The highest BCUT2D eigenvalue weighted by atomic mass is 79.9. The first kappa shape index (κ1) is 12.6. The Labute approximate surface area is 121 Å². The number of benzene rings is 1. The molecule has 0 atom stereocenters. The molecule has 0 spiro atoms. The maximum Gasteiger partial charge on any atom is 0.331 e. The van der Waals surface area contributed by atoms with Crippen molar-refractivity contribution in [2.45, 2.75) is 0 Å². The van der Waals surface area contributed by atoms with Crippen molar-refractivity contribution >= 4 is 38.4 Å². The lowest BCUT2D eigenvalue weighted by molar-refractivity contribution is 0.0968. The van der Waals surface area contributed by atoms with Crippen LogP contribution in [0, 0.1) is 0 Å². The summed E-state index contributed by atoms with van der Waals surface area (Å²) in [5, 5.41) is 17.8. The van der Waals surface area contributed by atoms with Crippen molar-refractivity contribution in [1.29, 1.82) is 0 Å². The number of aromatic amines is 1. The van der Waals surface area contributed by atoms with E-state index in [1.54, 1.807) is 18.2 Å². The molecule has 1 amide bonds. The molecule has 100 valence electrons. The lowest BCUT2D eigenvalue weighted by Gasteiger charge is -1.92. The van der Waals surface area contributed by atoms with Crippen molar-refractivity contribution in [1.82, 2.24) is 4.98 Å². The Morgan fingerprint density at radius 2 is 2.20 bits per heavy atom. The second kappa shape index (κ2) is 4.93. The fourth-order valence-electron chi connectivity index (χ4n) is 1.78. The van der Waals surface area contributed by atoms with Crippen LogP contribution in [-0.2, 0) is 0 Å². The highest BCUT2D eigenvalue weighted by molar-refractivity contribution is 9.10. The van der Waals surface area contributed by atoms with Crippen LogP contribution in [-0.4, -0.2) is 16.0 Å². The minimum absolute atomic E-state index is 0.0919. The number of fused-ring (bicyclic) bond motifs is 1. The molecular formula is C13H8BrN3O3. The van der Waals surface area contributed by atoms with E-state index >= 15 is 0 Å². The van der Waals surface area contributed by atoms with Gasteiger partial charge in [0, 0.05) is 9.86 Å². The van der Waals surface area contributed by atoms with Crippen LogP contribution < -0.4 is 0 Å². The molecule has 2 heterocycles. The molecule has 0 aliphatic rings. The summed E-state index contributed by atoms with van der Waals surface area (Å²) in [4.78, 5) is 14.4. The summed E-state index contributed by atoms with van der Waals surface area (Å²) in [6.45, 7) is 0. The average molecular weight is 334 g/mol. The Hall–Kier alpha value is -2.41. The highest BCUT2D eigenvalue weighted by Gasteiger charge is 2.12. The van der Waals surface area contributed by atoms with Crippen molar-refractivity contribution in [2.75, 3.05) is 0 Å². The first-order valence-corrected chi connectivity index (χ1v) is 6.44. The van der Waals surface area contributed by atoms with Gasteiger partial charge in [-0.15, -0.1) is 10.2 Å². The predicted molar refractivity (Wildman–Crippen MR) is 75.2 cm³/mol. The molecule has 3 rings (SSSR count). The molecule has 0 aliphatic heterocycles. The zero-order valence-corrected chi connectivity index (χ0v) is 11.6. The fraction of sp³-hybridized carbons (Fsp3) is 0. The zero-order chi connectivity index (χ0) is 14.1. The van der Waals surface area contributed by atoms with Crippen LogP contribution >= 0.6 is 15.9 Å². The molecule has 20 heavy (non-hydrogen) atoms. The number of H-pyrrole nitrogens is 1. The van der Waals surface area contributed by atoms with Crippen LogP contribution in [0.2, 0.25) is 0 Å². The van der Waals surface area contributed by atoms with Crippen LogP contribution in [0.1, 0.15) is 10.6 Å². The second-order valence-corrected chi connectivity index (χ2v) is 4.91. The molecule has 0 fully saturated rings. The van der Waals surface area contributed by atoms with E-state index < -0.39 is 5.91 Å². The fourth-order valence-corrected chi connectivity index (χ4v) is 2.14. The summed E-state index contributed by atoms with van der Waals surface area (Å²) < 4.78 is 5.75. The first-order valence-electron chi connectivity index (χ1n) is 5.65. The lowest BCUT2D eigenvalue weighted by atomic mass is 10.2. The van der Waals surface area contributed by atoms with E-state index in [0.29, 0.717) is 10.9 Å². The van der Waals surface area contributed by atoms with Gasteiger partial charge in [0.05, 0.1) is 11.8 Å². The summed E-state index contributed by atoms with van der Waals surface area (Å²) in [7, 11) is 0. The Kier molecular flexibility index (Phi) is 3.11. The number of carbonyl (C=O) groups is 1. The Morgan fingerprint density at radius 1 is 1.35 bits per heavy atom. The van der Waals surface area contributed by atoms with Crippen molar-refractivity contribution in [3.05, 3.63) is 46.8 Å². The number of halogens is 1. The number of aromatic hydroxyl groups is 1. The normalized spacial score (nSPS) is 11.4. The molecule has 6 nitrogen and oxygen atoms in total. The number of aromatic nitrogens is 1. The van der Waals surface area contributed by atoms with Crippen LogP contribution in [0.4, 0.5) is 5.69 Å². The van der Waals surface area contributed by atoms with Gasteiger partial charge < -0.3 is 14.5 Å². The van der Waals surface area contributed by atoms with Crippen LogP contribution in [0.15, 0.2) is 55.7 Å². The molecule has 1 aromatic carbocycles. The summed E-state index contributed by atoms with van der Waals surface area (Å²) in [6, 6.07) is 8.47. The van der Waals surface area contributed by atoms with Gasteiger partial charge in [0.25, 0.3) is 0 Å². The van der Waals surface area contributed by atoms with Gasteiger partial charge in [-0.2, -0.15) is 0 Å². The minimum atomic E-state index is -0.612. The monoisotopic (exact) mass is 333 g/mol. The summed E-state index contributed by atoms with van der Waals surface area (Å²) in [6.07, 6.45) is 1.38. The van der Waals surface area contributed by atoms with E-state index in [1.807, 2.05) is 6.07 Å². The average Bonchev–Trinajstić information content (AvgIpc) is 3.04. The third kappa shape index (κ3) is 2.23. The number of hydrogen-bond acceptors (Lipinski definition) is 4. The number of amides is 1. The Bertz CT molecular complexity index is 806. The van der Waals surface area contributed by atoms with Crippen LogP contribution in [0.25, 0.3) is 10.9 Å². The maximum absolute atomic E-state index is 11.7. The molecular weight excluding hydrogens is 326 g/mol. The third-order valence-electron chi connectivity index (χ3n) is 2.69. The second-order valence-electron chi connectivity index (χ2n) is 3.99. The van der Waals surface area contributed by atoms with E-state index in [1.165, 1.54) is 12.3 Å². The van der Waals surface area contributed by atoms with Gasteiger partial charge in [-0.3, -0.25) is 4.79 Å². The SMILES string of the molecule is O=C(N=Nc1c(O)[nH]c2ccc(Br)cc12)c1ccco1. The number of carbonyl (C=O) groups excluding carboxylic acids is 1. The molecule has 0 bridgehead atoms. The standard InChI is InChI=1S/C13H8BrN3O3/c14-7-3-4-9-8(6-7)11(13(19)15-9)16-17-12(18)10-2-1-5-20-10/h1-6,15,19H. The topological polar surface area (TPSA) is 91.0 Å². The van der Waals surface area contributed by atoms with Gasteiger partial charge in [-0.25, -0.2) is 0 Å². The Balaban J connectivity index is 2.00. The van der Waals surface area contributed by atoms with E-state index in [2.05, 4.69) is 31.1 Å². The number of nitrogens with zero attached hydrogens (tertiary/aromatic N) is 2. The lowest BCUT2D eigenvalue weighted by Crippen LogP contribution is -1.89. The van der Waals surface area contributed by atoms with E-state index in [4.69, 9.17) is 4.42 Å². The molecule has 7 heteroatoms. The molecule has 0 aliphatic carbocycles. The van der Waals surface area contributed by atoms with Crippen molar-refractivity contribution in [3.8, 4) is 5.88 Å². The maximum atomic E-state index is 11.7. The number of furan rings is 1. The van der Waals surface area contributed by atoms with E-state index in [0.717, 1.165) is 4.47 Å². The smallest absolute Gasteiger partial charge is 0.331 e. The van der Waals surface area contributed by atoms with E-state index in [-0.39, 0.29) is 17.3 Å². The van der Waals surface area contributed by atoms with Gasteiger partial charge >= 0.3 is 5.91 Å². The van der Waals surface area contributed by atoms with Crippen molar-refractivity contribution in [2.24, 2.45) is 10.2 Å². The first-order chi connectivity index (χ1) is 9.65. The van der Waals surface area contributed by atoms with Gasteiger partial charge in [0.15, 0.2) is 11.4 Å². The summed E-state index contributed by atoms with van der Waals surface area (Å²) >= 11 is 3.34. The highest BCUT2D eigenvalue weighted by Crippen LogP contribution is 2.36. The van der Waals surface area contributed by atoms with E-state index in [9.17, 15) is 9.90 Å². The number of rotatable bonds is 2. The third-order valence-corrected chi connectivity index (χ3v) is 3.18. The minimum Gasteiger partial charge on any atom is -0.493 e. The molecule has 3 aromatic rings. The van der Waals surface area contributed by atoms with Crippen LogP contribution in [0.5, 0.6) is 5.88 Å². The quantitative estimate of drug-likeness (QED) is 0.690. The molecule has 0 radical (unpaired) electrons. The number of hydrogen-bond donors (Lipinski definition) is 2. The van der Waals surface area contributed by atoms with Gasteiger partial charge in [0.1, 0.15) is 0 Å². The molecule has 0 saturated carbocycles. The molecule has 2 aromatic heterocycles. The van der Waals surface area contributed by atoms with Crippen molar-refractivity contribution < 1.29 is 14.3 Å². The predicted octanol–water partition coefficient (Wildman–Crippen LogP) is 4.15. The largest absolute Gasteiger partial charge is 0.493 e. The Morgan fingerprint density at radius 3 is 2.95 bits per heavy atom. The van der Waals surface area contributed by atoms with Crippen LogP contribution in [0.3, 0.4) is 0 Å². The van der Waals surface area contributed by atoms with Gasteiger partial charge in [0.2, 0.25) is 5.88 Å². The molecule has 0 unspecified atom stereocenters. The van der Waals surface area contributed by atoms with Crippen molar-refractivity contribution in [3.63, 3.8) is 0 Å². The number of nitrogens with one attached hydrogen (secondary N) is 1. The van der Waals surface area contributed by atoms with Gasteiger partial charge in [-0.05, 0) is 30.3 Å². The number of azo groups is 1.